The molecule has 0 amide bonds. The fraction of sp³-hybridized carbons (Fsp3) is 0.333. The zero-order chi connectivity index (χ0) is 14.0. The Hall–Kier alpha value is -1.94. The predicted molar refractivity (Wildman–Crippen MR) is 74.1 cm³/mol. The third kappa shape index (κ3) is 2.90. The van der Waals surface area contributed by atoms with E-state index in [-0.39, 0.29) is 12.2 Å². The molecule has 1 atom stereocenters. The molecule has 0 aliphatic heterocycles. The Morgan fingerprint density at radius 3 is 2.47 bits per heavy atom. The Balaban J connectivity index is 2.33. The van der Waals surface area contributed by atoms with Crippen molar-refractivity contribution in [2.75, 3.05) is 0 Å². The summed E-state index contributed by atoms with van der Waals surface area (Å²) in [6.45, 7) is 6.20. The molecule has 4 heteroatoms. The minimum atomic E-state index is -0.706. The van der Waals surface area contributed by atoms with Gasteiger partial charge in [-0.2, -0.15) is 0 Å². The van der Waals surface area contributed by atoms with E-state index in [0.717, 1.165) is 16.7 Å². The summed E-state index contributed by atoms with van der Waals surface area (Å²) in [6, 6.07) is 5.76. The van der Waals surface area contributed by atoms with Gasteiger partial charge in [0.25, 0.3) is 0 Å². The summed E-state index contributed by atoms with van der Waals surface area (Å²) in [5, 5.41) is 10.4. The van der Waals surface area contributed by atoms with E-state index in [1.807, 2.05) is 32.9 Å². The van der Waals surface area contributed by atoms with Crippen molar-refractivity contribution in [2.45, 2.75) is 33.4 Å². The van der Waals surface area contributed by atoms with Gasteiger partial charge in [0.1, 0.15) is 0 Å². The molecule has 1 unspecified atom stereocenters. The Morgan fingerprint density at radius 1 is 1.26 bits per heavy atom. The second-order valence-corrected chi connectivity index (χ2v) is 4.88. The number of hydrogen-bond acceptors (Lipinski definition) is 3. The van der Waals surface area contributed by atoms with Crippen molar-refractivity contribution in [1.29, 1.82) is 0 Å². The van der Waals surface area contributed by atoms with Crippen LogP contribution in [0.5, 0.6) is 0 Å². The molecule has 1 aromatic carbocycles. The molecule has 19 heavy (non-hydrogen) atoms. The van der Waals surface area contributed by atoms with Crippen LogP contribution in [0, 0.1) is 20.8 Å². The molecule has 0 spiro atoms. The zero-order valence-electron chi connectivity index (χ0n) is 11.4. The average Bonchev–Trinajstić information content (AvgIpc) is 2.30. The molecule has 100 valence electrons. The lowest BCUT2D eigenvalue weighted by Crippen LogP contribution is -2.25. The van der Waals surface area contributed by atoms with Gasteiger partial charge in [-0.1, -0.05) is 17.7 Å². The number of aliphatic hydroxyl groups is 1. The Labute approximate surface area is 112 Å². The minimum absolute atomic E-state index is 0.220. The van der Waals surface area contributed by atoms with Crippen molar-refractivity contribution in [3.63, 3.8) is 0 Å². The van der Waals surface area contributed by atoms with E-state index in [1.165, 1.54) is 16.3 Å². The topological polar surface area (TPSA) is 55.1 Å². The highest BCUT2D eigenvalue weighted by Crippen LogP contribution is 2.24. The van der Waals surface area contributed by atoms with E-state index in [4.69, 9.17) is 0 Å². The van der Waals surface area contributed by atoms with Crippen molar-refractivity contribution in [3.8, 4) is 0 Å². The maximum atomic E-state index is 11.6. The standard InChI is InChI=1S/C15H18N2O2/c1-10-7-11(2)14(12(3)8-10)13(18)9-17-6-4-5-16-15(17)19/h4-8,13,18H,9H2,1-3H3. The van der Waals surface area contributed by atoms with Crippen LogP contribution in [0.1, 0.15) is 28.4 Å². The van der Waals surface area contributed by atoms with Crippen molar-refractivity contribution in [1.82, 2.24) is 9.55 Å². The van der Waals surface area contributed by atoms with E-state index in [9.17, 15) is 9.90 Å². The van der Waals surface area contributed by atoms with Gasteiger partial charge in [-0.15, -0.1) is 0 Å². The second-order valence-electron chi connectivity index (χ2n) is 4.88. The summed E-state index contributed by atoms with van der Waals surface area (Å²) < 4.78 is 1.42. The molecule has 0 saturated carbocycles. The lowest BCUT2D eigenvalue weighted by Gasteiger charge is -2.18. The van der Waals surface area contributed by atoms with Crippen molar-refractivity contribution in [2.24, 2.45) is 0 Å². The zero-order valence-corrected chi connectivity index (χ0v) is 11.4. The van der Waals surface area contributed by atoms with E-state index < -0.39 is 6.10 Å². The quantitative estimate of drug-likeness (QED) is 0.914. The van der Waals surface area contributed by atoms with Crippen LogP contribution in [0.25, 0.3) is 0 Å². The lowest BCUT2D eigenvalue weighted by atomic mass is 9.95. The molecular weight excluding hydrogens is 240 g/mol. The van der Waals surface area contributed by atoms with Crippen LogP contribution in [-0.4, -0.2) is 14.7 Å². The largest absolute Gasteiger partial charge is 0.387 e. The fourth-order valence-electron chi connectivity index (χ4n) is 2.52. The third-order valence-electron chi connectivity index (χ3n) is 3.22. The van der Waals surface area contributed by atoms with Crippen LogP contribution < -0.4 is 5.69 Å². The summed E-state index contributed by atoms with van der Waals surface area (Å²) >= 11 is 0. The minimum Gasteiger partial charge on any atom is -0.387 e. The van der Waals surface area contributed by atoms with Gasteiger partial charge in [0, 0.05) is 12.4 Å². The van der Waals surface area contributed by atoms with Crippen molar-refractivity contribution < 1.29 is 5.11 Å². The third-order valence-corrected chi connectivity index (χ3v) is 3.22. The molecule has 0 bridgehead atoms. The van der Waals surface area contributed by atoms with Crippen molar-refractivity contribution >= 4 is 0 Å². The Bertz CT molecular complexity index is 624. The first-order chi connectivity index (χ1) is 8.99. The van der Waals surface area contributed by atoms with Crippen LogP contribution in [0.4, 0.5) is 0 Å². The predicted octanol–water partition coefficient (Wildman–Crippen LogP) is 1.90. The number of nitrogens with zero attached hydrogens (tertiary/aromatic N) is 2. The Morgan fingerprint density at radius 2 is 1.89 bits per heavy atom. The number of benzene rings is 1. The normalized spacial score (nSPS) is 12.4. The smallest absolute Gasteiger partial charge is 0.347 e. The molecule has 1 heterocycles. The molecule has 0 saturated heterocycles. The van der Waals surface area contributed by atoms with Crippen LogP contribution in [0.2, 0.25) is 0 Å². The van der Waals surface area contributed by atoms with Gasteiger partial charge in [-0.05, 0) is 43.5 Å². The molecule has 1 aromatic heterocycles. The number of aryl methyl sites for hydroxylation is 3. The lowest BCUT2D eigenvalue weighted by molar-refractivity contribution is 0.153. The van der Waals surface area contributed by atoms with Gasteiger partial charge in [0.15, 0.2) is 0 Å². The number of hydrogen-bond donors (Lipinski definition) is 1. The maximum Gasteiger partial charge on any atom is 0.347 e. The number of aliphatic hydroxyl groups excluding tert-OH is 1. The summed E-state index contributed by atoms with van der Waals surface area (Å²) in [5.74, 6) is 0. The summed E-state index contributed by atoms with van der Waals surface area (Å²) in [5.41, 5.74) is 3.80. The van der Waals surface area contributed by atoms with Crippen LogP contribution >= 0.6 is 0 Å². The number of aromatic nitrogens is 2. The van der Waals surface area contributed by atoms with Crippen LogP contribution in [-0.2, 0) is 6.54 Å². The molecule has 0 fully saturated rings. The van der Waals surface area contributed by atoms with Gasteiger partial charge in [-0.3, -0.25) is 4.57 Å². The molecule has 2 aromatic rings. The van der Waals surface area contributed by atoms with Gasteiger partial charge in [0.05, 0.1) is 12.6 Å². The van der Waals surface area contributed by atoms with Gasteiger partial charge >= 0.3 is 5.69 Å². The molecule has 0 aliphatic carbocycles. The second kappa shape index (κ2) is 5.36. The monoisotopic (exact) mass is 258 g/mol. The Kier molecular flexibility index (Phi) is 3.81. The first-order valence-electron chi connectivity index (χ1n) is 6.26. The summed E-state index contributed by atoms with van der Waals surface area (Å²) in [4.78, 5) is 15.2. The summed E-state index contributed by atoms with van der Waals surface area (Å²) in [7, 11) is 0. The fourth-order valence-corrected chi connectivity index (χ4v) is 2.52. The van der Waals surface area contributed by atoms with Gasteiger partial charge < -0.3 is 5.11 Å². The van der Waals surface area contributed by atoms with Gasteiger partial charge in [-0.25, -0.2) is 9.78 Å². The van der Waals surface area contributed by atoms with Gasteiger partial charge in [0.2, 0.25) is 0 Å². The SMILES string of the molecule is Cc1cc(C)c(C(O)Cn2cccnc2=O)c(C)c1. The van der Waals surface area contributed by atoms with E-state index >= 15 is 0 Å². The summed E-state index contributed by atoms with van der Waals surface area (Å²) in [6.07, 6.45) is 2.38. The number of rotatable bonds is 3. The first kappa shape index (κ1) is 13.5. The molecule has 2 rings (SSSR count). The molecular formula is C15H18N2O2. The molecule has 1 N–H and O–H groups in total. The van der Waals surface area contributed by atoms with E-state index in [2.05, 4.69) is 4.98 Å². The van der Waals surface area contributed by atoms with Crippen LogP contribution in [0.15, 0.2) is 35.4 Å². The molecule has 0 aliphatic rings. The van der Waals surface area contributed by atoms with E-state index in [0.29, 0.717) is 0 Å². The van der Waals surface area contributed by atoms with Crippen molar-refractivity contribution in [3.05, 3.63) is 63.3 Å². The maximum absolute atomic E-state index is 11.6. The highest BCUT2D eigenvalue weighted by Gasteiger charge is 2.14. The highest BCUT2D eigenvalue weighted by atomic mass is 16.3. The molecule has 4 nitrogen and oxygen atoms in total. The highest BCUT2D eigenvalue weighted by molar-refractivity contribution is 5.38. The first-order valence-corrected chi connectivity index (χ1v) is 6.26. The van der Waals surface area contributed by atoms with E-state index in [1.54, 1.807) is 12.3 Å². The molecule has 0 radical (unpaired) electrons. The average molecular weight is 258 g/mol. The van der Waals surface area contributed by atoms with Crippen LogP contribution in [0.3, 0.4) is 0 Å².